The van der Waals surface area contributed by atoms with Crippen LogP contribution in [0, 0.1) is 5.92 Å². The number of ether oxygens (including phenoxy) is 1. The van der Waals surface area contributed by atoms with Crippen molar-refractivity contribution in [3.05, 3.63) is 94.5 Å². The molecule has 2 amide bonds. The Morgan fingerprint density at radius 2 is 1.76 bits per heavy atom. The number of Topliss-reactive ketones (excluding diaryl/α,β-unsaturated/α-hetero) is 1. The van der Waals surface area contributed by atoms with Crippen molar-refractivity contribution >= 4 is 50.8 Å². The molecule has 8 nitrogen and oxygen atoms in total. The average molecular weight is 580 g/mol. The van der Waals surface area contributed by atoms with E-state index in [1.165, 1.54) is 19.1 Å². The van der Waals surface area contributed by atoms with Crippen molar-refractivity contribution in [2.45, 2.75) is 32.8 Å². The fraction of sp³-hybridized carbons (Fsp3) is 0.207. The number of nitrogens with one attached hydrogen (secondary N) is 2. The summed E-state index contributed by atoms with van der Waals surface area (Å²) in [5.74, 6) is -0.588. The van der Waals surface area contributed by atoms with E-state index in [1.54, 1.807) is 66.7 Å². The lowest BCUT2D eigenvalue weighted by Crippen LogP contribution is -2.22. The van der Waals surface area contributed by atoms with Crippen molar-refractivity contribution in [2.24, 2.45) is 5.92 Å². The number of para-hydroxylation sites is 2. The smallest absolute Gasteiger partial charge is 0.412 e. The molecule has 0 saturated carbocycles. The summed E-state index contributed by atoms with van der Waals surface area (Å²) < 4.78 is 6.50. The molecule has 0 radical (unpaired) electrons. The number of benzene rings is 3. The molecule has 0 fully saturated rings. The second-order valence-electron chi connectivity index (χ2n) is 8.82. The fourth-order valence-corrected chi connectivity index (χ4v) is 4.16. The molecule has 0 heterocycles. The van der Waals surface area contributed by atoms with E-state index >= 15 is 0 Å². The van der Waals surface area contributed by atoms with Gasteiger partial charge in [0.15, 0.2) is 5.78 Å². The number of nitrogen functional groups attached to an aromatic ring is 1. The molecular weight excluding hydrogens is 550 g/mol. The minimum atomic E-state index is -0.768. The molecule has 2 atom stereocenters. The zero-order valence-corrected chi connectivity index (χ0v) is 22.7. The highest BCUT2D eigenvalue weighted by Gasteiger charge is 2.26. The summed E-state index contributed by atoms with van der Waals surface area (Å²) in [4.78, 5) is 36.5. The van der Waals surface area contributed by atoms with Crippen molar-refractivity contribution in [1.29, 1.82) is 0 Å². The molecule has 3 rings (SSSR count). The summed E-state index contributed by atoms with van der Waals surface area (Å²) in [6.45, 7) is 3.37. The van der Waals surface area contributed by atoms with Gasteiger partial charge in [-0.05, 0) is 86.4 Å². The summed E-state index contributed by atoms with van der Waals surface area (Å²) >= 11 is 3.40. The molecule has 0 unspecified atom stereocenters. The van der Waals surface area contributed by atoms with Crippen LogP contribution in [0.2, 0.25) is 0 Å². The molecule has 198 valence electrons. The predicted molar refractivity (Wildman–Crippen MR) is 152 cm³/mol. The van der Waals surface area contributed by atoms with Crippen LogP contribution in [0.4, 0.5) is 21.9 Å². The van der Waals surface area contributed by atoms with Crippen LogP contribution in [0.3, 0.4) is 0 Å². The van der Waals surface area contributed by atoms with Gasteiger partial charge in [0.1, 0.15) is 11.9 Å². The molecule has 5 N–H and O–H groups in total. The number of allylic oxidation sites excluding steroid dienone is 1. The van der Waals surface area contributed by atoms with Gasteiger partial charge in [0.25, 0.3) is 0 Å². The predicted octanol–water partition coefficient (Wildman–Crippen LogP) is 6.84. The molecule has 3 aromatic carbocycles. The van der Waals surface area contributed by atoms with Gasteiger partial charge in [-0.3, -0.25) is 14.9 Å². The van der Waals surface area contributed by atoms with E-state index in [-0.39, 0.29) is 23.4 Å². The highest BCUT2D eigenvalue weighted by Crippen LogP contribution is 2.36. The number of phenolic OH excluding ortho intramolecular Hbond substituents is 1. The van der Waals surface area contributed by atoms with E-state index < -0.39 is 12.2 Å². The number of rotatable bonds is 10. The first-order valence-electron chi connectivity index (χ1n) is 12.0. The van der Waals surface area contributed by atoms with Gasteiger partial charge < -0.3 is 20.9 Å². The van der Waals surface area contributed by atoms with Crippen LogP contribution in [0.25, 0.3) is 0 Å². The van der Waals surface area contributed by atoms with Crippen molar-refractivity contribution in [3.8, 4) is 5.75 Å². The van der Waals surface area contributed by atoms with Crippen molar-refractivity contribution in [1.82, 2.24) is 0 Å². The van der Waals surface area contributed by atoms with Crippen molar-refractivity contribution in [2.75, 3.05) is 16.4 Å². The largest absolute Gasteiger partial charge is 0.508 e. The maximum atomic E-state index is 12.8. The van der Waals surface area contributed by atoms with Gasteiger partial charge in [-0.1, -0.05) is 41.1 Å². The first-order valence-corrected chi connectivity index (χ1v) is 12.8. The lowest BCUT2D eigenvalue weighted by atomic mass is 9.92. The zero-order chi connectivity index (χ0) is 27.7. The highest BCUT2D eigenvalue weighted by atomic mass is 79.9. The third kappa shape index (κ3) is 8.21. The Bertz CT molecular complexity index is 1320. The number of amides is 2. The number of carbonyl (C=O) groups excluding carboxylic acids is 3. The molecule has 0 aliphatic carbocycles. The topological polar surface area (TPSA) is 131 Å². The number of aromatic hydroxyl groups is 1. The van der Waals surface area contributed by atoms with Gasteiger partial charge in [0.05, 0.1) is 11.4 Å². The summed E-state index contributed by atoms with van der Waals surface area (Å²) in [5, 5.41) is 15.9. The third-order valence-corrected chi connectivity index (χ3v) is 6.35. The summed E-state index contributed by atoms with van der Waals surface area (Å²) in [5.41, 5.74) is 8.33. The van der Waals surface area contributed by atoms with Gasteiger partial charge in [0.2, 0.25) is 5.91 Å². The summed E-state index contributed by atoms with van der Waals surface area (Å²) in [7, 11) is 0. The number of hydrogen-bond acceptors (Lipinski definition) is 6. The molecule has 38 heavy (non-hydrogen) atoms. The maximum Gasteiger partial charge on any atom is 0.412 e. The Labute approximate surface area is 230 Å². The Hall–Kier alpha value is -4.11. The lowest BCUT2D eigenvalue weighted by Gasteiger charge is -2.25. The maximum absolute atomic E-state index is 12.8. The minimum Gasteiger partial charge on any atom is -0.508 e. The Kier molecular flexibility index (Phi) is 10.1. The second-order valence-corrected chi connectivity index (χ2v) is 9.74. The highest BCUT2D eigenvalue weighted by molar-refractivity contribution is 9.10. The third-order valence-electron chi connectivity index (χ3n) is 5.86. The van der Waals surface area contributed by atoms with E-state index in [4.69, 9.17) is 10.5 Å². The number of halogens is 1. The van der Waals surface area contributed by atoms with Crippen molar-refractivity contribution < 1.29 is 24.2 Å². The Morgan fingerprint density at radius 3 is 2.45 bits per heavy atom. The van der Waals surface area contributed by atoms with Crippen LogP contribution >= 0.6 is 15.9 Å². The standard InChI is InChI=1S/C29H30BrN3O5/c1-18(7-3-6-10-27(36)33-25-9-5-4-8-24(25)31)28(23-17-21(30)13-16-26(23)35)38-29(37)32-22-14-11-20(12-15-22)19(2)34/h4-6,8-18,28,35H,3,7,31H2,1-2H3,(H,32,37)(H,33,36)/b10-6+/t18-,28+/m0/s1. The average Bonchev–Trinajstić information content (AvgIpc) is 2.88. The zero-order valence-electron chi connectivity index (χ0n) is 21.1. The van der Waals surface area contributed by atoms with E-state index in [0.29, 0.717) is 41.0 Å². The van der Waals surface area contributed by atoms with Crippen LogP contribution in [-0.4, -0.2) is 22.9 Å². The number of phenols is 1. The summed E-state index contributed by atoms with van der Waals surface area (Å²) in [6.07, 6.45) is 2.79. The number of hydrogen-bond donors (Lipinski definition) is 4. The van der Waals surface area contributed by atoms with Gasteiger partial charge in [-0.25, -0.2) is 4.79 Å². The Balaban J connectivity index is 1.66. The molecule has 3 aromatic rings. The molecule has 0 aliphatic rings. The Morgan fingerprint density at radius 1 is 1.05 bits per heavy atom. The van der Waals surface area contributed by atoms with Crippen LogP contribution in [0.15, 0.2) is 83.4 Å². The lowest BCUT2D eigenvalue weighted by molar-refractivity contribution is -0.111. The van der Waals surface area contributed by atoms with Gasteiger partial charge >= 0.3 is 6.09 Å². The van der Waals surface area contributed by atoms with E-state index in [9.17, 15) is 19.5 Å². The van der Waals surface area contributed by atoms with Crippen LogP contribution in [0.1, 0.15) is 48.7 Å². The van der Waals surface area contributed by atoms with Gasteiger partial charge in [-0.15, -0.1) is 0 Å². The van der Waals surface area contributed by atoms with E-state index in [0.717, 1.165) is 4.47 Å². The molecule has 0 aliphatic heterocycles. The number of nitrogens with two attached hydrogens (primary N) is 1. The van der Waals surface area contributed by atoms with Gasteiger partial charge in [-0.2, -0.15) is 0 Å². The SMILES string of the molecule is CC(=O)c1ccc(NC(=O)O[C@@H](c2cc(Br)ccc2O)[C@@H](C)CC/C=C/C(=O)Nc2ccccc2N)cc1. The normalized spacial score (nSPS) is 12.5. The number of anilines is 3. The monoisotopic (exact) mass is 579 g/mol. The van der Waals surface area contributed by atoms with Crippen LogP contribution in [0.5, 0.6) is 5.75 Å². The van der Waals surface area contributed by atoms with Crippen molar-refractivity contribution in [3.63, 3.8) is 0 Å². The van der Waals surface area contributed by atoms with E-state index in [1.807, 2.05) is 6.92 Å². The van der Waals surface area contributed by atoms with Crippen LogP contribution in [-0.2, 0) is 9.53 Å². The molecule has 0 bridgehead atoms. The molecule has 0 spiro atoms. The minimum absolute atomic E-state index is 0.000897. The fourth-order valence-electron chi connectivity index (χ4n) is 3.78. The molecule has 0 saturated heterocycles. The molecular formula is C29H30BrN3O5. The van der Waals surface area contributed by atoms with Gasteiger partial charge in [0, 0.05) is 21.3 Å². The second kappa shape index (κ2) is 13.4. The first kappa shape index (κ1) is 28.5. The van der Waals surface area contributed by atoms with Crippen LogP contribution < -0.4 is 16.4 Å². The summed E-state index contributed by atoms with van der Waals surface area (Å²) in [6, 6.07) is 18.4. The molecule has 0 aromatic heterocycles. The molecule has 9 heteroatoms. The number of ketones is 1. The van der Waals surface area contributed by atoms with E-state index in [2.05, 4.69) is 26.6 Å². The quantitative estimate of drug-likeness (QED) is 0.118. The number of carbonyl (C=O) groups is 3. The first-order chi connectivity index (χ1) is 18.1.